The number of likely N-dealkylation sites (tertiary alicyclic amines) is 1. The zero-order valence-corrected chi connectivity index (χ0v) is 14.9. The lowest BCUT2D eigenvalue weighted by molar-refractivity contribution is -0.134. The molecule has 0 unspecified atom stereocenters. The summed E-state index contributed by atoms with van der Waals surface area (Å²) in [6.07, 6.45) is 2.85. The molecule has 1 saturated heterocycles. The summed E-state index contributed by atoms with van der Waals surface area (Å²) in [5.41, 5.74) is 2.56. The molecule has 26 heavy (non-hydrogen) atoms. The van der Waals surface area contributed by atoms with E-state index in [1.165, 1.54) is 7.11 Å². The first kappa shape index (κ1) is 18.0. The van der Waals surface area contributed by atoms with E-state index in [9.17, 15) is 9.59 Å². The zero-order valence-electron chi connectivity index (χ0n) is 14.9. The lowest BCUT2D eigenvalue weighted by atomic mass is 9.95. The van der Waals surface area contributed by atoms with Crippen LogP contribution < -0.4 is 10.8 Å². The molecule has 1 aromatic carbocycles. The molecule has 2 heterocycles. The van der Waals surface area contributed by atoms with Gasteiger partial charge < -0.3 is 19.9 Å². The Morgan fingerprint density at radius 2 is 2.12 bits per heavy atom. The molecule has 3 rings (SSSR count). The number of rotatable bonds is 4. The van der Waals surface area contributed by atoms with Crippen molar-refractivity contribution in [3.05, 3.63) is 36.3 Å². The maximum Gasteiger partial charge on any atom is 0.407 e. The number of ether oxygens (including phenoxy) is 1. The van der Waals surface area contributed by atoms with Gasteiger partial charge in [0.05, 0.1) is 25.0 Å². The van der Waals surface area contributed by atoms with Crippen molar-refractivity contribution in [1.29, 1.82) is 0 Å². The number of methoxy groups -OCH3 is 1. The lowest BCUT2D eigenvalue weighted by Crippen LogP contribution is -2.46. The third-order valence-electron chi connectivity index (χ3n) is 4.56. The van der Waals surface area contributed by atoms with Gasteiger partial charge in [-0.1, -0.05) is 29.7 Å². The minimum Gasteiger partial charge on any atom is -0.453 e. The number of aromatic nitrogens is 2. The summed E-state index contributed by atoms with van der Waals surface area (Å²) >= 11 is 0. The van der Waals surface area contributed by atoms with E-state index in [0.717, 1.165) is 29.9 Å². The fourth-order valence-corrected chi connectivity index (χ4v) is 3.18. The molecule has 2 aromatic rings. The second-order valence-electron chi connectivity index (χ2n) is 6.35. The van der Waals surface area contributed by atoms with Crippen molar-refractivity contribution in [2.75, 3.05) is 13.7 Å². The number of benzene rings is 1. The number of carbonyl (C=O) groups excluding carboxylic acids is 2. The Labute approximate surface area is 153 Å². The standard InChI is InChI=1S/C18H21BN4O3/c1-11(21-18(25)26-2)17(24)23-9-3-4-15(23)16-20-10-14(22-16)12-5-7-13(19)8-6-12/h5-8,10-11,15H,3-4,9H2,1-2H3,(H,20,22)(H,21,25)/t11-,15-/m0/s1. The largest absolute Gasteiger partial charge is 0.453 e. The number of alkyl carbamates (subject to hydrolysis) is 1. The summed E-state index contributed by atoms with van der Waals surface area (Å²) in [7, 11) is 7.00. The molecule has 0 spiro atoms. The Balaban J connectivity index is 1.75. The first-order valence-corrected chi connectivity index (χ1v) is 8.55. The van der Waals surface area contributed by atoms with E-state index in [1.54, 1.807) is 18.0 Å². The van der Waals surface area contributed by atoms with Gasteiger partial charge in [-0.15, -0.1) is 0 Å². The van der Waals surface area contributed by atoms with E-state index in [0.29, 0.717) is 12.0 Å². The van der Waals surface area contributed by atoms with Gasteiger partial charge in [0.2, 0.25) is 5.91 Å². The molecule has 1 aromatic heterocycles. The van der Waals surface area contributed by atoms with Crippen molar-refractivity contribution in [1.82, 2.24) is 20.2 Å². The van der Waals surface area contributed by atoms with Gasteiger partial charge in [-0.3, -0.25) is 4.79 Å². The number of imidazole rings is 1. The molecule has 1 aliphatic heterocycles. The summed E-state index contributed by atoms with van der Waals surface area (Å²) in [6.45, 7) is 2.28. The Bertz CT molecular complexity index is 790. The zero-order chi connectivity index (χ0) is 18.7. The fourth-order valence-electron chi connectivity index (χ4n) is 3.18. The SMILES string of the molecule is [B]c1ccc(-c2cnc([C@@H]3CCCN3C(=O)[C@H](C)NC(=O)OC)[nH]2)cc1. The summed E-state index contributed by atoms with van der Waals surface area (Å²) in [5.74, 6) is 0.594. The summed E-state index contributed by atoms with van der Waals surface area (Å²) < 4.78 is 4.56. The van der Waals surface area contributed by atoms with Crippen molar-refractivity contribution in [3.63, 3.8) is 0 Å². The Hall–Kier alpha value is -2.77. The Kier molecular flexibility index (Phi) is 5.30. The normalized spacial score (nSPS) is 17.8. The number of carbonyl (C=O) groups is 2. The Morgan fingerprint density at radius 3 is 2.81 bits per heavy atom. The second kappa shape index (κ2) is 7.64. The van der Waals surface area contributed by atoms with E-state index in [1.807, 2.05) is 24.3 Å². The molecule has 2 amide bonds. The van der Waals surface area contributed by atoms with Gasteiger partial charge in [0, 0.05) is 6.54 Å². The second-order valence-corrected chi connectivity index (χ2v) is 6.35. The maximum atomic E-state index is 12.7. The van der Waals surface area contributed by atoms with Crippen LogP contribution in [0.15, 0.2) is 30.5 Å². The Morgan fingerprint density at radius 1 is 1.38 bits per heavy atom. The molecule has 7 nitrogen and oxygen atoms in total. The van der Waals surface area contributed by atoms with Gasteiger partial charge in [0.25, 0.3) is 0 Å². The molecule has 1 fully saturated rings. The van der Waals surface area contributed by atoms with Gasteiger partial charge in [-0.05, 0) is 25.3 Å². The van der Waals surface area contributed by atoms with Gasteiger partial charge in [-0.25, -0.2) is 9.78 Å². The van der Waals surface area contributed by atoms with Gasteiger partial charge in [-0.2, -0.15) is 0 Å². The number of aromatic amines is 1. The third-order valence-corrected chi connectivity index (χ3v) is 4.56. The fraction of sp³-hybridized carbons (Fsp3) is 0.389. The highest BCUT2D eigenvalue weighted by Crippen LogP contribution is 2.31. The smallest absolute Gasteiger partial charge is 0.407 e. The van der Waals surface area contributed by atoms with Crippen molar-refractivity contribution in [3.8, 4) is 11.3 Å². The highest BCUT2D eigenvalue weighted by atomic mass is 16.5. The van der Waals surface area contributed by atoms with E-state index in [4.69, 9.17) is 7.85 Å². The van der Waals surface area contributed by atoms with Crippen LogP contribution in [0.3, 0.4) is 0 Å². The highest BCUT2D eigenvalue weighted by molar-refractivity contribution is 6.32. The lowest BCUT2D eigenvalue weighted by Gasteiger charge is -2.26. The third kappa shape index (κ3) is 3.74. The summed E-state index contributed by atoms with van der Waals surface area (Å²) in [5, 5.41) is 2.52. The average molecular weight is 352 g/mol. The van der Waals surface area contributed by atoms with Crippen molar-refractivity contribution >= 4 is 25.3 Å². The minimum atomic E-state index is -0.658. The predicted octanol–water partition coefficient (Wildman–Crippen LogP) is 1.28. The van der Waals surface area contributed by atoms with Gasteiger partial charge >= 0.3 is 6.09 Å². The molecule has 2 radical (unpaired) electrons. The van der Waals surface area contributed by atoms with E-state index >= 15 is 0 Å². The maximum absolute atomic E-state index is 12.7. The molecule has 0 saturated carbocycles. The monoisotopic (exact) mass is 352 g/mol. The van der Waals surface area contributed by atoms with Crippen LogP contribution in [0, 0.1) is 0 Å². The van der Waals surface area contributed by atoms with E-state index in [2.05, 4.69) is 20.0 Å². The highest BCUT2D eigenvalue weighted by Gasteiger charge is 2.34. The molecule has 1 aliphatic rings. The molecular formula is C18H21BN4O3. The van der Waals surface area contributed by atoms with Crippen LogP contribution >= 0.6 is 0 Å². The number of amides is 2. The predicted molar refractivity (Wildman–Crippen MR) is 98.1 cm³/mol. The van der Waals surface area contributed by atoms with E-state index < -0.39 is 12.1 Å². The molecule has 0 bridgehead atoms. The first-order chi connectivity index (χ1) is 12.5. The van der Waals surface area contributed by atoms with Gasteiger partial charge in [0.1, 0.15) is 19.7 Å². The topological polar surface area (TPSA) is 87.3 Å². The number of hydrogen-bond acceptors (Lipinski definition) is 4. The average Bonchev–Trinajstić information content (AvgIpc) is 3.30. The molecule has 2 N–H and O–H groups in total. The molecule has 2 atom stereocenters. The van der Waals surface area contributed by atoms with Crippen LogP contribution in [-0.2, 0) is 9.53 Å². The van der Waals surface area contributed by atoms with E-state index in [-0.39, 0.29) is 11.9 Å². The number of nitrogens with one attached hydrogen (secondary N) is 2. The van der Waals surface area contributed by atoms with Crippen LogP contribution in [0.4, 0.5) is 4.79 Å². The van der Waals surface area contributed by atoms with Crippen molar-refractivity contribution in [2.45, 2.75) is 31.8 Å². The molecule has 8 heteroatoms. The van der Waals surface area contributed by atoms with Crippen LogP contribution in [0.25, 0.3) is 11.3 Å². The quantitative estimate of drug-likeness (QED) is 0.812. The minimum absolute atomic E-state index is 0.132. The summed E-state index contributed by atoms with van der Waals surface area (Å²) in [4.78, 5) is 33.6. The van der Waals surface area contributed by atoms with Crippen molar-refractivity contribution in [2.24, 2.45) is 0 Å². The molecule has 134 valence electrons. The van der Waals surface area contributed by atoms with Crippen LogP contribution in [-0.4, -0.2) is 54.4 Å². The van der Waals surface area contributed by atoms with Crippen LogP contribution in [0.2, 0.25) is 0 Å². The molecular weight excluding hydrogens is 331 g/mol. The number of hydrogen-bond donors (Lipinski definition) is 2. The number of nitrogens with zero attached hydrogens (tertiary/aromatic N) is 2. The van der Waals surface area contributed by atoms with Crippen LogP contribution in [0.1, 0.15) is 31.6 Å². The van der Waals surface area contributed by atoms with Crippen molar-refractivity contribution < 1.29 is 14.3 Å². The molecule has 0 aliphatic carbocycles. The van der Waals surface area contributed by atoms with Gasteiger partial charge in [0.15, 0.2) is 0 Å². The summed E-state index contributed by atoms with van der Waals surface area (Å²) in [6, 6.07) is 6.73. The van der Waals surface area contributed by atoms with Crippen LogP contribution in [0.5, 0.6) is 0 Å². The number of H-pyrrole nitrogens is 1. The first-order valence-electron chi connectivity index (χ1n) is 8.55.